The third kappa shape index (κ3) is 29.3. The largest absolute Gasteiger partial charge is 0 e. The first-order chi connectivity index (χ1) is 7.16. The topological polar surface area (TPSA) is 39.8 Å². The molecule has 1 radical (unpaired) electrons. The average Bonchev–Trinajstić information content (AvgIpc) is 2.76. The van der Waals surface area contributed by atoms with Crippen molar-refractivity contribution in [2.24, 2.45) is 0 Å². The van der Waals surface area contributed by atoms with Crippen molar-refractivity contribution in [2.45, 2.75) is 6.92 Å². The molecular formula is C11H9F2MnO2-. The van der Waals surface area contributed by atoms with Crippen LogP contribution < -0.4 is 0 Å². The minimum Gasteiger partial charge on any atom is 0 e. The summed E-state index contributed by atoms with van der Waals surface area (Å²) < 4.78 is 36.0. The minimum atomic E-state index is -1.86. The summed E-state index contributed by atoms with van der Waals surface area (Å²) in [7, 11) is 0. The van der Waals surface area contributed by atoms with Gasteiger partial charge >= 0.3 is 28.7 Å². The van der Waals surface area contributed by atoms with Crippen LogP contribution in [0, 0.1) is 20.2 Å². The van der Waals surface area contributed by atoms with Crippen molar-refractivity contribution >= 4 is 0 Å². The van der Waals surface area contributed by atoms with E-state index in [9.17, 15) is 8.78 Å². The van der Waals surface area contributed by atoms with Crippen molar-refractivity contribution in [1.29, 1.82) is 0 Å². The van der Waals surface area contributed by atoms with Crippen molar-refractivity contribution in [3.05, 3.63) is 61.5 Å². The van der Waals surface area contributed by atoms with Gasteiger partial charge in [-0.05, 0) is 0 Å². The summed E-state index contributed by atoms with van der Waals surface area (Å²) in [6, 6.07) is 8.24. The van der Waals surface area contributed by atoms with E-state index in [1.54, 1.807) is 0 Å². The van der Waals surface area contributed by atoms with Crippen LogP contribution in [-0.4, -0.2) is 0 Å². The van der Waals surface area contributed by atoms with Crippen molar-refractivity contribution < 1.29 is 35.2 Å². The van der Waals surface area contributed by atoms with Gasteiger partial charge in [0.2, 0.25) is 0 Å². The summed E-state index contributed by atoms with van der Waals surface area (Å²) in [5.41, 5.74) is 2.70. The number of aryl methyl sites for hydroxylation is 1. The van der Waals surface area contributed by atoms with Gasteiger partial charge in [-0.3, -0.25) is 0 Å². The van der Waals surface area contributed by atoms with E-state index in [4.69, 9.17) is 9.30 Å². The molecule has 0 amide bonds. The number of rotatable bonds is 0. The van der Waals surface area contributed by atoms with Crippen molar-refractivity contribution in [2.75, 3.05) is 0 Å². The second-order valence-electron chi connectivity index (χ2n) is 1.90. The van der Waals surface area contributed by atoms with Crippen LogP contribution in [0.1, 0.15) is 5.56 Å². The molecule has 1 aromatic carbocycles. The third-order valence-electron chi connectivity index (χ3n) is 0.963. The molecule has 0 spiro atoms. The molecule has 0 heterocycles. The minimum absolute atomic E-state index is 0. The van der Waals surface area contributed by atoms with Crippen LogP contribution in [0.5, 0.6) is 0 Å². The summed E-state index contributed by atoms with van der Waals surface area (Å²) >= 11 is 0. The molecule has 0 unspecified atom stereocenters. The van der Waals surface area contributed by atoms with Gasteiger partial charge in [-0.15, -0.1) is 0 Å². The normalized spacial score (nSPS) is 5.44. The van der Waals surface area contributed by atoms with E-state index in [1.165, 1.54) is 11.3 Å². The van der Waals surface area contributed by atoms with Gasteiger partial charge in [-0.25, -0.2) is 12.1 Å². The van der Waals surface area contributed by atoms with Crippen molar-refractivity contribution in [3.8, 4) is 0 Å². The molecule has 16 heavy (non-hydrogen) atoms. The molecule has 0 bridgehead atoms. The van der Waals surface area contributed by atoms with Gasteiger partial charge < -0.3 is 0 Å². The van der Waals surface area contributed by atoms with E-state index in [1.807, 2.05) is 12.1 Å². The fraction of sp³-hybridized carbons (Fsp3) is 0.0909. The van der Waals surface area contributed by atoms with Crippen LogP contribution >= 0.6 is 0 Å². The van der Waals surface area contributed by atoms with Gasteiger partial charge in [-0.2, -0.15) is 26.5 Å². The molecule has 5 heteroatoms. The van der Waals surface area contributed by atoms with Gasteiger partial charge in [-0.1, -0.05) is 19.2 Å². The Bertz CT molecular complexity index is 299. The van der Waals surface area contributed by atoms with E-state index in [0.717, 1.165) is 0 Å². The number of hydrogen-bond acceptors (Lipinski definition) is 0. The first-order valence-electron chi connectivity index (χ1n) is 3.47. The van der Waals surface area contributed by atoms with E-state index >= 15 is 0 Å². The second kappa shape index (κ2) is 23.5. The Kier molecular flexibility index (Phi) is 35.4. The molecule has 0 saturated carbocycles. The Morgan fingerprint density at radius 3 is 1.81 bits per heavy atom. The zero-order valence-electron chi connectivity index (χ0n) is 8.47. The maximum atomic E-state index is 10.5. The van der Waals surface area contributed by atoms with E-state index in [2.05, 4.69) is 38.9 Å². The maximum Gasteiger partial charge on any atom is 0 e. The van der Waals surface area contributed by atoms with E-state index in [0.29, 0.717) is 0 Å². The Balaban J connectivity index is -0.0000000664. The molecule has 0 N–H and O–H groups in total. The molecule has 1 aromatic rings. The van der Waals surface area contributed by atoms with Crippen LogP contribution in [0.3, 0.4) is 0 Å². The van der Waals surface area contributed by atoms with E-state index in [-0.39, 0.29) is 17.1 Å². The van der Waals surface area contributed by atoms with Crippen LogP contribution in [0.2, 0.25) is 0 Å². The summed E-state index contributed by atoms with van der Waals surface area (Å²) in [6.45, 7) is 13.7. The van der Waals surface area contributed by atoms with Crippen LogP contribution in [0.25, 0.3) is 0 Å². The molecule has 2 nitrogen and oxygen atoms in total. The van der Waals surface area contributed by atoms with Crippen LogP contribution in [-0.2, 0) is 26.4 Å². The zero-order chi connectivity index (χ0) is 12.7. The van der Waals surface area contributed by atoms with Gasteiger partial charge in [0.1, 0.15) is 0 Å². The molecule has 0 aliphatic carbocycles. The molecule has 0 aromatic heterocycles. The van der Waals surface area contributed by atoms with Gasteiger partial charge in [0.25, 0.3) is 0 Å². The smallest absolute Gasteiger partial charge is 0 e. The first kappa shape index (κ1) is 24.1. The van der Waals surface area contributed by atoms with Crippen molar-refractivity contribution in [3.63, 3.8) is 0 Å². The first-order valence-corrected chi connectivity index (χ1v) is 3.47. The molecule has 0 saturated heterocycles. The summed E-state index contributed by atoms with van der Waals surface area (Å²) in [6.07, 6.45) is -1.86. The number of halogens is 2. The average molecular weight is 266 g/mol. The Labute approximate surface area is 104 Å². The van der Waals surface area contributed by atoms with E-state index < -0.39 is 6.08 Å². The molecular weight excluding hydrogens is 257 g/mol. The van der Waals surface area contributed by atoms with Gasteiger partial charge in [0.15, 0.2) is 0 Å². The SMILES string of the molecule is C=C=C(F)F.Cc1ccc[cH-]1.[C-]#[O+].[C-]#[O+].[Mn]. The van der Waals surface area contributed by atoms with Gasteiger partial charge in [0, 0.05) is 17.1 Å². The standard InChI is InChI=1S/C6H7.C3H2F2.2CO.Mn/c1-6-4-2-3-5-6;1-2-3(4)5;2*1-2;/h2-5H,1H3;1H2;;;/q-1;;;;. The summed E-state index contributed by atoms with van der Waals surface area (Å²) in [4.78, 5) is 0. The molecule has 0 aliphatic rings. The second-order valence-corrected chi connectivity index (χ2v) is 1.90. The summed E-state index contributed by atoms with van der Waals surface area (Å²) in [5.74, 6) is 0. The zero-order valence-corrected chi connectivity index (χ0v) is 9.65. The number of hydrogen-bond donors (Lipinski definition) is 0. The molecule has 0 aliphatic heterocycles. The Hall–Kier alpha value is -1.27. The quantitative estimate of drug-likeness (QED) is 0.299. The fourth-order valence-corrected chi connectivity index (χ4v) is 0.470. The molecule has 87 valence electrons. The predicted octanol–water partition coefficient (Wildman–Crippen LogP) is 3.19. The monoisotopic (exact) mass is 266 g/mol. The summed E-state index contributed by atoms with van der Waals surface area (Å²) in [5, 5.41) is 0. The van der Waals surface area contributed by atoms with Crippen LogP contribution in [0.4, 0.5) is 8.78 Å². The van der Waals surface area contributed by atoms with Gasteiger partial charge in [0.05, 0.1) is 0 Å². The Morgan fingerprint density at radius 2 is 1.75 bits per heavy atom. The maximum absolute atomic E-state index is 10.5. The molecule has 0 fully saturated rings. The van der Waals surface area contributed by atoms with Crippen molar-refractivity contribution in [1.82, 2.24) is 0 Å². The van der Waals surface area contributed by atoms with Crippen LogP contribution in [0.15, 0.2) is 42.7 Å². The molecule has 0 atom stereocenters. The fourth-order valence-electron chi connectivity index (χ4n) is 0.470. The predicted molar refractivity (Wildman–Crippen MR) is 49.5 cm³/mol. The molecule has 1 rings (SSSR count). The third-order valence-corrected chi connectivity index (χ3v) is 0.963. The Morgan fingerprint density at radius 1 is 1.38 bits per heavy atom.